The van der Waals surface area contributed by atoms with E-state index in [1.54, 1.807) is 0 Å². The third kappa shape index (κ3) is 4.17. The summed E-state index contributed by atoms with van der Waals surface area (Å²) in [6.07, 6.45) is 0.971. The molecule has 1 aromatic carbocycles. The van der Waals surface area contributed by atoms with Crippen LogP contribution >= 0.6 is 0 Å². The van der Waals surface area contributed by atoms with Crippen molar-refractivity contribution in [2.24, 2.45) is 0 Å². The van der Waals surface area contributed by atoms with Crippen molar-refractivity contribution in [2.45, 2.75) is 13.3 Å². The van der Waals surface area contributed by atoms with Gasteiger partial charge in [0.15, 0.2) is 0 Å². The first kappa shape index (κ1) is 12.3. The Bertz CT molecular complexity index is 248. The Morgan fingerprint density at radius 3 is 2.46 bits per heavy atom. The minimum absolute atomic E-state index is 0. The third-order valence-corrected chi connectivity index (χ3v) is 1.57. The largest absolute Gasteiger partial charge is 0.352 e. The standard InChI is InChI=1S/C10H13NO.Li/c1-2-8-11-10(12)9-6-4-3-5-7-9;/h3-7H,2,8H2,1H3,(H,11,12);. The van der Waals surface area contributed by atoms with Gasteiger partial charge in [0.05, 0.1) is 0 Å². The van der Waals surface area contributed by atoms with E-state index in [0.717, 1.165) is 18.5 Å². The molecule has 0 aliphatic rings. The molecule has 2 nitrogen and oxygen atoms in total. The second-order valence-corrected chi connectivity index (χ2v) is 2.62. The Kier molecular flexibility index (Phi) is 6.40. The number of hydrogen-bond donors (Lipinski definition) is 1. The van der Waals surface area contributed by atoms with Gasteiger partial charge in [0, 0.05) is 31.0 Å². The molecule has 0 heterocycles. The molecule has 0 aromatic heterocycles. The number of amides is 1. The molecular formula is C10H13LiNO. The van der Waals surface area contributed by atoms with Gasteiger partial charge in [-0.1, -0.05) is 25.1 Å². The zero-order valence-corrected chi connectivity index (χ0v) is 8.21. The summed E-state index contributed by atoms with van der Waals surface area (Å²) in [7, 11) is 0. The van der Waals surface area contributed by atoms with Gasteiger partial charge in [-0.25, -0.2) is 0 Å². The topological polar surface area (TPSA) is 29.1 Å². The molecule has 1 N–H and O–H groups in total. The Morgan fingerprint density at radius 2 is 1.92 bits per heavy atom. The van der Waals surface area contributed by atoms with E-state index in [0.29, 0.717) is 0 Å². The molecule has 1 rings (SSSR count). The summed E-state index contributed by atoms with van der Waals surface area (Å²) in [5, 5.41) is 2.81. The van der Waals surface area contributed by atoms with Gasteiger partial charge in [-0.3, -0.25) is 4.79 Å². The molecule has 0 unspecified atom stereocenters. The quantitative estimate of drug-likeness (QED) is 0.683. The normalized spacial score (nSPS) is 8.69. The average molecular weight is 170 g/mol. The molecule has 1 amide bonds. The van der Waals surface area contributed by atoms with E-state index >= 15 is 0 Å². The molecule has 65 valence electrons. The molecule has 3 heteroatoms. The van der Waals surface area contributed by atoms with Crippen LogP contribution in [-0.2, 0) is 0 Å². The zero-order chi connectivity index (χ0) is 8.81. The molecule has 0 saturated carbocycles. The van der Waals surface area contributed by atoms with E-state index in [4.69, 9.17) is 0 Å². The second kappa shape index (κ2) is 6.77. The Balaban J connectivity index is 0.00000144. The van der Waals surface area contributed by atoms with Gasteiger partial charge in [-0.15, -0.1) is 0 Å². The van der Waals surface area contributed by atoms with Gasteiger partial charge in [0.25, 0.3) is 5.91 Å². The molecule has 0 saturated heterocycles. The van der Waals surface area contributed by atoms with Crippen molar-refractivity contribution in [3.8, 4) is 0 Å². The van der Waals surface area contributed by atoms with Gasteiger partial charge in [-0.05, 0) is 18.6 Å². The van der Waals surface area contributed by atoms with Crippen molar-refractivity contribution in [3.63, 3.8) is 0 Å². The maximum atomic E-state index is 11.3. The maximum Gasteiger partial charge on any atom is 0.251 e. The minimum atomic E-state index is 0. The molecule has 0 spiro atoms. The van der Waals surface area contributed by atoms with Crippen LogP contribution in [0.15, 0.2) is 30.3 Å². The van der Waals surface area contributed by atoms with Crippen molar-refractivity contribution in [2.75, 3.05) is 6.54 Å². The van der Waals surface area contributed by atoms with Gasteiger partial charge in [0.2, 0.25) is 0 Å². The molecule has 13 heavy (non-hydrogen) atoms. The molecule has 0 aliphatic carbocycles. The van der Waals surface area contributed by atoms with Crippen LogP contribution < -0.4 is 5.32 Å². The van der Waals surface area contributed by atoms with Crippen LogP contribution in [0.2, 0.25) is 0 Å². The molecule has 1 aromatic rings. The number of rotatable bonds is 3. The monoisotopic (exact) mass is 170 g/mol. The van der Waals surface area contributed by atoms with Crippen molar-refractivity contribution in [1.29, 1.82) is 0 Å². The van der Waals surface area contributed by atoms with E-state index in [9.17, 15) is 4.79 Å². The smallest absolute Gasteiger partial charge is 0.251 e. The number of carbonyl (C=O) groups is 1. The van der Waals surface area contributed by atoms with E-state index in [1.165, 1.54) is 0 Å². The first-order chi connectivity index (χ1) is 5.84. The Labute approximate surface area is 90.9 Å². The van der Waals surface area contributed by atoms with Gasteiger partial charge in [0.1, 0.15) is 0 Å². The predicted molar refractivity (Wildman–Crippen MR) is 54.8 cm³/mol. The first-order valence-electron chi connectivity index (χ1n) is 4.18. The fraction of sp³-hybridized carbons (Fsp3) is 0.300. The number of nitrogens with one attached hydrogen (secondary N) is 1. The summed E-state index contributed by atoms with van der Waals surface area (Å²) in [4.78, 5) is 11.3. The van der Waals surface area contributed by atoms with Gasteiger partial charge < -0.3 is 5.32 Å². The second-order valence-electron chi connectivity index (χ2n) is 2.62. The predicted octanol–water partition coefficient (Wildman–Crippen LogP) is 1.45. The summed E-state index contributed by atoms with van der Waals surface area (Å²) in [5.41, 5.74) is 0.728. The molecule has 0 atom stereocenters. The van der Waals surface area contributed by atoms with Crippen molar-refractivity contribution >= 4 is 24.8 Å². The maximum absolute atomic E-state index is 11.3. The summed E-state index contributed by atoms with van der Waals surface area (Å²) in [6, 6.07) is 9.24. The number of benzene rings is 1. The van der Waals surface area contributed by atoms with E-state index in [-0.39, 0.29) is 24.8 Å². The molecule has 0 bridgehead atoms. The average Bonchev–Trinajstić information content (AvgIpc) is 2.15. The summed E-state index contributed by atoms with van der Waals surface area (Å²) in [6.45, 7) is 2.78. The van der Waals surface area contributed by atoms with Crippen LogP contribution in [0.3, 0.4) is 0 Å². The Hall–Kier alpha value is -0.713. The fourth-order valence-electron chi connectivity index (χ4n) is 0.930. The van der Waals surface area contributed by atoms with Crippen LogP contribution in [-0.4, -0.2) is 31.3 Å². The Morgan fingerprint density at radius 1 is 1.31 bits per heavy atom. The number of carbonyl (C=O) groups excluding carboxylic acids is 1. The van der Waals surface area contributed by atoms with Crippen molar-refractivity contribution < 1.29 is 4.79 Å². The van der Waals surface area contributed by atoms with Crippen LogP contribution in [0.5, 0.6) is 0 Å². The van der Waals surface area contributed by atoms with E-state index in [2.05, 4.69) is 5.32 Å². The fourth-order valence-corrected chi connectivity index (χ4v) is 0.930. The summed E-state index contributed by atoms with van der Waals surface area (Å²) in [5.74, 6) is 0.0115. The molecule has 0 aliphatic heterocycles. The van der Waals surface area contributed by atoms with Crippen LogP contribution in [0.4, 0.5) is 0 Å². The van der Waals surface area contributed by atoms with E-state index in [1.807, 2.05) is 37.3 Å². The molecular weight excluding hydrogens is 157 g/mol. The van der Waals surface area contributed by atoms with Crippen LogP contribution in [0.1, 0.15) is 23.7 Å². The first-order valence-corrected chi connectivity index (χ1v) is 4.18. The van der Waals surface area contributed by atoms with Crippen molar-refractivity contribution in [1.82, 2.24) is 5.32 Å². The number of hydrogen-bond acceptors (Lipinski definition) is 1. The van der Waals surface area contributed by atoms with Crippen LogP contribution in [0.25, 0.3) is 0 Å². The zero-order valence-electron chi connectivity index (χ0n) is 8.21. The van der Waals surface area contributed by atoms with E-state index < -0.39 is 0 Å². The third-order valence-electron chi connectivity index (χ3n) is 1.57. The SMILES string of the molecule is CCCNC(=O)c1ccccc1.[Li]. The van der Waals surface area contributed by atoms with Gasteiger partial charge >= 0.3 is 0 Å². The van der Waals surface area contributed by atoms with Crippen LogP contribution in [0, 0.1) is 0 Å². The minimum Gasteiger partial charge on any atom is -0.352 e. The van der Waals surface area contributed by atoms with Gasteiger partial charge in [-0.2, -0.15) is 0 Å². The summed E-state index contributed by atoms with van der Waals surface area (Å²) >= 11 is 0. The van der Waals surface area contributed by atoms with Crippen molar-refractivity contribution in [3.05, 3.63) is 35.9 Å². The summed E-state index contributed by atoms with van der Waals surface area (Å²) < 4.78 is 0. The molecule has 0 fully saturated rings. The molecule has 1 radical (unpaired) electrons.